The minimum atomic E-state index is -0.347. The van der Waals surface area contributed by atoms with Gasteiger partial charge < -0.3 is 20.1 Å². The molecule has 10 nitrogen and oxygen atoms in total. The number of aromatic nitrogens is 4. The Kier molecular flexibility index (Phi) is 8.56. The highest BCUT2D eigenvalue weighted by Crippen LogP contribution is 2.13. The highest BCUT2D eigenvalue weighted by Gasteiger charge is 2.12. The van der Waals surface area contributed by atoms with Gasteiger partial charge in [-0.15, -0.1) is 10.2 Å². The van der Waals surface area contributed by atoms with Crippen LogP contribution in [0, 0.1) is 0 Å². The summed E-state index contributed by atoms with van der Waals surface area (Å²) in [5.74, 6) is 0.454. The zero-order valence-corrected chi connectivity index (χ0v) is 16.8. The van der Waals surface area contributed by atoms with E-state index >= 15 is 0 Å². The van der Waals surface area contributed by atoms with Crippen LogP contribution < -0.4 is 16.3 Å². The molecule has 2 heterocycles. The van der Waals surface area contributed by atoms with Crippen LogP contribution >= 0.6 is 11.3 Å². The second kappa shape index (κ2) is 11.1. The van der Waals surface area contributed by atoms with E-state index in [2.05, 4.69) is 32.4 Å². The Hall–Kier alpha value is -2.79. The SMILES string of the molecule is C=C(Nc1ccn(CCCCc2nnc(C(=O)NCCOC)s2)c(=O)n1)OC. The lowest BCUT2D eigenvalue weighted by Crippen LogP contribution is -2.26. The van der Waals surface area contributed by atoms with Crippen LogP contribution in [0.1, 0.15) is 27.7 Å². The molecule has 0 bridgehead atoms. The zero-order chi connectivity index (χ0) is 20.4. The predicted octanol–water partition coefficient (Wildman–Crippen LogP) is 1.02. The van der Waals surface area contributed by atoms with Crippen LogP contribution in [0.2, 0.25) is 0 Å². The number of amides is 1. The lowest BCUT2D eigenvalue weighted by molar-refractivity contribution is 0.0936. The van der Waals surface area contributed by atoms with Gasteiger partial charge in [-0.2, -0.15) is 4.98 Å². The number of ether oxygens (including phenoxy) is 2. The second-order valence-corrected chi connectivity index (χ2v) is 6.81. The highest BCUT2D eigenvalue weighted by molar-refractivity contribution is 7.13. The summed E-state index contributed by atoms with van der Waals surface area (Å²) in [6, 6.07) is 1.69. The Balaban J connectivity index is 1.76. The Bertz CT molecular complexity index is 850. The van der Waals surface area contributed by atoms with Gasteiger partial charge in [-0.25, -0.2) is 4.79 Å². The van der Waals surface area contributed by atoms with Crippen molar-refractivity contribution in [3.05, 3.63) is 45.2 Å². The standard InChI is InChI=1S/C17H24N6O4S/c1-12(27-3)19-13-7-10-23(17(25)20-13)9-5-4-6-14-21-22-16(28-14)15(24)18-8-11-26-2/h7,10H,1,4-6,8-9,11H2,2-3H3,(H,18,24)(H,19,20,25). The Morgan fingerprint density at radius 3 is 2.86 bits per heavy atom. The Morgan fingerprint density at radius 1 is 1.32 bits per heavy atom. The number of methoxy groups -OCH3 is 2. The molecule has 0 saturated carbocycles. The lowest BCUT2D eigenvalue weighted by atomic mass is 10.2. The lowest BCUT2D eigenvalue weighted by Gasteiger charge is -2.08. The van der Waals surface area contributed by atoms with Crippen molar-refractivity contribution in [2.75, 3.05) is 32.7 Å². The van der Waals surface area contributed by atoms with Crippen LogP contribution in [-0.4, -0.2) is 53.0 Å². The van der Waals surface area contributed by atoms with Crippen molar-refractivity contribution in [2.24, 2.45) is 0 Å². The van der Waals surface area contributed by atoms with E-state index in [1.54, 1.807) is 19.4 Å². The summed E-state index contributed by atoms with van der Waals surface area (Å²) in [7, 11) is 3.05. The first-order valence-electron chi connectivity index (χ1n) is 8.70. The van der Waals surface area contributed by atoms with Crippen molar-refractivity contribution in [1.82, 2.24) is 25.1 Å². The monoisotopic (exact) mass is 408 g/mol. The molecule has 0 spiro atoms. The minimum Gasteiger partial charge on any atom is -0.483 e. The van der Waals surface area contributed by atoms with Crippen molar-refractivity contribution in [3.63, 3.8) is 0 Å². The summed E-state index contributed by atoms with van der Waals surface area (Å²) in [6.07, 6.45) is 3.95. The normalized spacial score (nSPS) is 10.5. The van der Waals surface area contributed by atoms with Crippen molar-refractivity contribution in [3.8, 4) is 0 Å². The maximum atomic E-state index is 12.0. The van der Waals surface area contributed by atoms with Gasteiger partial charge in [0.05, 0.1) is 13.7 Å². The molecule has 0 atom stereocenters. The molecule has 2 aromatic rings. The van der Waals surface area contributed by atoms with E-state index in [9.17, 15) is 9.59 Å². The molecule has 0 radical (unpaired) electrons. The third kappa shape index (κ3) is 6.74. The maximum absolute atomic E-state index is 12.0. The number of rotatable bonds is 12. The number of aryl methyl sites for hydroxylation is 2. The molecule has 0 aliphatic rings. The molecular formula is C17H24N6O4S. The third-order valence-corrected chi connectivity index (χ3v) is 4.66. The van der Waals surface area contributed by atoms with Gasteiger partial charge in [-0.1, -0.05) is 11.3 Å². The average Bonchev–Trinajstić information content (AvgIpc) is 3.15. The number of nitrogens with one attached hydrogen (secondary N) is 2. The minimum absolute atomic E-state index is 0.247. The molecule has 0 aromatic carbocycles. The first-order valence-corrected chi connectivity index (χ1v) is 9.52. The van der Waals surface area contributed by atoms with Gasteiger partial charge in [0, 0.05) is 32.8 Å². The van der Waals surface area contributed by atoms with Gasteiger partial charge in [0.15, 0.2) is 5.88 Å². The molecule has 2 aromatic heterocycles. The molecule has 2 rings (SSSR count). The van der Waals surface area contributed by atoms with Gasteiger partial charge in [-0.3, -0.25) is 9.36 Å². The molecule has 152 valence electrons. The van der Waals surface area contributed by atoms with Crippen LogP contribution in [0.15, 0.2) is 29.5 Å². The summed E-state index contributed by atoms with van der Waals surface area (Å²) >= 11 is 1.27. The number of carbonyl (C=O) groups is 1. The molecule has 0 fully saturated rings. The molecule has 0 unspecified atom stereocenters. The van der Waals surface area contributed by atoms with Crippen LogP contribution in [-0.2, 0) is 22.4 Å². The summed E-state index contributed by atoms with van der Waals surface area (Å²) in [6.45, 7) is 5.04. The average molecular weight is 408 g/mol. The number of hydrogen-bond donors (Lipinski definition) is 2. The van der Waals surface area contributed by atoms with Crippen molar-refractivity contribution >= 4 is 23.1 Å². The fraction of sp³-hybridized carbons (Fsp3) is 0.471. The number of hydrogen-bond acceptors (Lipinski definition) is 9. The molecule has 0 saturated heterocycles. The quantitative estimate of drug-likeness (QED) is 0.395. The second-order valence-electron chi connectivity index (χ2n) is 5.75. The fourth-order valence-corrected chi connectivity index (χ4v) is 3.01. The summed E-state index contributed by atoms with van der Waals surface area (Å²) < 4.78 is 11.3. The third-order valence-electron chi connectivity index (χ3n) is 3.68. The first kappa shape index (κ1) is 21.5. The van der Waals surface area contributed by atoms with Crippen LogP contribution in [0.25, 0.3) is 0 Å². The van der Waals surface area contributed by atoms with E-state index in [0.29, 0.717) is 42.8 Å². The van der Waals surface area contributed by atoms with E-state index in [0.717, 1.165) is 17.8 Å². The van der Waals surface area contributed by atoms with Gasteiger partial charge >= 0.3 is 5.69 Å². The van der Waals surface area contributed by atoms with Crippen molar-refractivity contribution < 1.29 is 14.3 Å². The number of unbranched alkanes of at least 4 members (excludes halogenated alkanes) is 1. The molecule has 28 heavy (non-hydrogen) atoms. The van der Waals surface area contributed by atoms with Gasteiger partial charge in [0.1, 0.15) is 10.8 Å². The van der Waals surface area contributed by atoms with E-state index in [1.165, 1.54) is 23.0 Å². The topological polar surface area (TPSA) is 120 Å². The molecule has 2 N–H and O–H groups in total. The number of nitrogens with zero attached hydrogens (tertiary/aromatic N) is 4. The fourth-order valence-electron chi connectivity index (χ4n) is 2.21. The van der Waals surface area contributed by atoms with E-state index < -0.39 is 0 Å². The van der Waals surface area contributed by atoms with E-state index in [1.807, 2.05) is 0 Å². The molecule has 11 heteroatoms. The van der Waals surface area contributed by atoms with Crippen LogP contribution in [0.4, 0.5) is 5.82 Å². The molecule has 0 aliphatic heterocycles. The Labute approximate surface area is 166 Å². The summed E-state index contributed by atoms with van der Waals surface area (Å²) in [5, 5.41) is 14.6. The van der Waals surface area contributed by atoms with Crippen LogP contribution in [0.3, 0.4) is 0 Å². The summed E-state index contributed by atoms with van der Waals surface area (Å²) in [5.41, 5.74) is -0.347. The van der Waals surface area contributed by atoms with Crippen molar-refractivity contribution in [2.45, 2.75) is 25.8 Å². The number of carbonyl (C=O) groups excluding carboxylic acids is 1. The molecule has 1 amide bonds. The maximum Gasteiger partial charge on any atom is 0.349 e. The predicted molar refractivity (Wildman–Crippen MR) is 105 cm³/mol. The number of anilines is 1. The molecular weight excluding hydrogens is 384 g/mol. The molecule has 0 aliphatic carbocycles. The smallest absolute Gasteiger partial charge is 0.349 e. The first-order chi connectivity index (χ1) is 13.5. The van der Waals surface area contributed by atoms with Crippen molar-refractivity contribution in [1.29, 1.82) is 0 Å². The van der Waals surface area contributed by atoms with E-state index in [-0.39, 0.29) is 11.6 Å². The summed E-state index contributed by atoms with van der Waals surface area (Å²) in [4.78, 5) is 27.8. The van der Waals surface area contributed by atoms with Gasteiger partial charge in [0.25, 0.3) is 5.91 Å². The van der Waals surface area contributed by atoms with E-state index in [4.69, 9.17) is 9.47 Å². The Morgan fingerprint density at radius 2 is 2.14 bits per heavy atom. The largest absolute Gasteiger partial charge is 0.483 e. The van der Waals surface area contributed by atoms with Crippen LogP contribution in [0.5, 0.6) is 0 Å². The van der Waals surface area contributed by atoms with Gasteiger partial charge in [0.2, 0.25) is 5.01 Å². The van der Waals surface area contributed by atoms with Gasteiger partial charge in [-0.05, 0) is 25.5 Å². The zero-order valence-electron chi connectivity index (χ0n) is 15.9. The highest BCUT2D eigenvalue weighted by atomic mass is 32.1.